The van der Waals surface area contributed by atoms with E-state index in [0.29, 0.717) is 22.3 Å². The van der Waals surface area contributed by atoms with Crippen molar-refractivity contribution in [3.05, 3.63) is 66.7 Å². The van der Waals surface area contributed by atoms with E-state index in [1.807, 2.05) is 0 Å². The highest BCUT2D eigenvalue weighted by molar-refractivity contribution is 7.94. The van der Waals surface area contributed by atoms with Gasteiger partial charge in [-0.25, -0.2) is 8.42 Å². The van der Waals surface area contributed by atoms with E-state index in [4.69, 9.17) is 0 Å². The van der Waals surface area contributed by atoms with E-state index in [0.717, 1.165) is 5.41 Å². The van der Waals surface area contributed by atoms with Crippen LogP contribution in [-0.4, -0.2) is 18.5 Å². The lowest BCUT2D eigenvalue weighted by atomic mass is 10.2. The number of sulfone groups is 1. The first-order valence-corrected chi connectivity index (χ1v) is 8.52. The predicted molar refractivity (Wildman–Crippen MR) is 91.4 cm³/mol. The number of phenols is 1. The summed E-state index contributed by atoms with van der Waals surface area (Å²) in [4.78, 5) is 4.27. The number of aromatic nitrogens is 1. The van der Waals surface area contributed by atoms with Crippen molar-refractivity contribution >= 4 is 32.1 Å². The summed E-state index contributed by atoms with van der Waals surface area (Å²) in [5, 5.41) is 19.6. The van der Waals surface area contributed by atoms with Crippen molar-refractivity contribution in [2.24, 2.45) is 10.2 Å². The maximum atomic E-state index is 11.7. The zero-order valence-corrected chi connectivity index (χ0v) is 13.3. The smallest absolute Gasteiger partial charge is 0.199 e. The molecule has 1 N–H and O–H groups in total. The molecule has 0 spiro atoms. The van der Waals surface area contributed by atoms with E-state index < -0.39 is 9.84 Å². The van der Waals surface area contributed by atoms with E-state index in [1.54, 1.807) is 36.4 Å². The SMILES string of the molecule is C=CS(=O)(=O)c1ccc(N=Nc2ccnc3c(O)cccc23)cc1. The zero-order chi connectivity index (χ0) is 17.2. The highest BCUT2D eigenvalue weighted by atomic mass is 32.2. The average Bonchev–Trinajstić information content (AvgIpc) is 2.61. The molecule has 0 fully saturated rings. The Labute approximate surface area is 138 Å². The Morgan fingerprint density at radius 3 is 2.50 bits per heavy atom. The van der Waals surface area contributed by atoms with Crippen LogP contribution in [0.1, 0.15) is 0 Å². The number of benzene rings is 2. The van der Waals surface area contributed by atoms with Crippen LogP contribution < -0.4 is 0 Å². The number of phenolic OH excluding ortho intramolecular Hbond substituents is 1. The number of aromatic hydroxyl groups is 1. The number of hydrogen-bond acceptors (Lipinski definition) is 6. The van der Waals surface area contributed by atoms with Crippen LogP contribution in [0.15, 0.2) is 81.8 Å². The van der Waals surface area contributed by atoms with E-state index in [-0.39, 0.29) is 10.6 Å². The molecule has 0 saturated carbocycles. The van der Waals surface area contributed by atoms with Crippen molar-refractivity contribution in [3.8, 4) is 5.75 Å². The third kappa shape index (κ3) is 3.02. The molecule has 1 aromatic heterocycles. The lowest BCUT2D eigenvalue weighted by Crippen LogP contribution is -1.94. The molecule has 0 amide bonds. The van der Waals surface area contributed by atoms with Crippen molar-refractivity contribution < 1.29 is 13.5 Å². The van der Waals surface area contributed by atoms with Gasteiger partial charge in [0.05, 0.1) is 16.3 Å². The fourth-order valence-electron chi connectivity index (χ4n) is 2.14. The van der Waals surface area contributed by atoms with Gasteiger partial charge < -0.3 is 5.11 Å². The minimum absolute atomic E-state index is 0.0727. The zero-order valence-electron chi connectivity index (χ0n) is 12.5. The van der Waals surface area contributed by atoms with Crippen LogP contribution >= 0.6 is 0 Å². The maximum absolute atomic E-state index is 11.7. The molecule has 0 saturated heterocycles. The average molecular weight is 339 g/mol. The van der Waals surface area contributed by atoms with Crippen molar-refractivity contribution in [3.63, 3.8) is 0 Å². The minimum Gasteiger partial charge on any atom is -0.506 e. The molecule has 120 valence electrons. The summed E-state index contributed by atoms with van der Waals surface area (Å²) in [5.74, 6) is 0.0727. The van der Waals surface area contributed by atoms with E-state index >= 15 is 0 Å². The molecule has 0 unspecified atom stereocenters. The molecule has 0 radical (unpaired) electrons. The largest absolute Gasteiger partial charge is 0.506 e. The van der Waals surface area contributed by atoms with Crippen molar-refractivity contribution in [2.75, 3.05) is 0 Å². The quantitative estimate of drug-likeness (QED) is 0.718. The van der Waals surface area contributed by atoms with Gasteiger partial charge in [0, 0.05) is 17.0 Å². The molecular weight excluding hydrogens is 326 g/mol. The fraction of sp³-hybridized carbons (Fsp3) is 0. The highest BCUT2D eigenvalue weighted by Crippen LogP contribution is 2.30. The van der Waals surface area contributed by atoms with Gasteiger partial charge in [-0.15, -0.1) is 5.11 Å². The molecular formula is C17H13N3O3S. The molecule has 0 aliphatic rings. The van der Waals surface area contributed by atoms with Crippen LogP contribution in [0.4, 0.5) is 11.4 Å². The maximum Gasteiger partial charge on any atom is 0.199 e. The molecule has 7 heteroatoms. The van der Waals surface area contributed by atoms with E-state index in [1.165, 1.54) is 18.3 Å². The molecule has 6 nitrogen and oxygen atoms in total. The summed E-state index contributed by atoms with van der Waals surface area (Å²) in [5.41, 5.74) is 1.50. The summed E-state index contributed by atoms with van der Waals surface area (Å²) >= 11 is 0. The van der Waals surface area contributed by atoms with Gasteiger partial charge in [-0.3, -0.25) is 4.98 Å². The van der Waals surface area contributed by atoms with Gasteiger partial charge in [0.15, 0.2) is 9.84 Å². The molecule has 0 aliphatic carbocycles. The minimum atomic E-state index is -3.46. The second-order valence-electron chi connectivity index (χ2n) is 4.91. The second-order valence-corrected chi connectivity index (χ2v) is 6.80. The van der Waals surface area contributed by atoms with Gasteiger partial charge in [-0.1, -0.05) is 18.7 Å². The standard InChI is InChI=1S/C17H13N3O3S/c1-2-24(22,23)13-8-6-12(7-9-13)19-20-15-10-11-18-17-14(15)4-3-5-16(17)21/h2-11,21H,1H2. The molecule has 0 bridgehead atoms. The third-order valence-corrected chi connectivity index (χ3v) is 4.75. The molecule has 24 heavy (non-hydrogen) atoms. The van der Waals surface area contributed by atoms with Gasteiger partial charge in [0.1, 0.15) is 11.3 Å². The monoisotopic (exact) mass is 339 g/mol. The summed E-state index contributed by atoms with van der Waals surface area (Å²) in [6, 6.07) is 12.7. The van der Waals surface area contributed by atoms with E-state index in [9.17, 15) is 13.5 Å². The van der Waals surface area contributed by atoms with Gasteiger partial charge in [-0.05, 0) is 36.4 Å². The Kier molecular flexibility index (Phi) is 4.09. The molecule has 0 atom stereocenters. The summed E-state index contributed by atoms with van der Waals surface area (Å²) in [6.07, 6.45) is 1.54. The summed E-state index contributed by atoms with van der Waals surface area (Å²) < 4.78 is 23.3. The third-order valence-electron chi connectivity index (χ3n) is 3.38. The Morgan fingerprint density at radius 1 is 1.04 bits per heavy atom. The van der Waals surface area contributed by atoms with Crippen LogP contribution in [-0.2, 0) is 9.84 Å². The van der Waals surface area contributed by atoms with Gasteiger partial charge in [-0.2, -0.15) is 5.11 Å². The Balaban J connectivity index is 1.95. The summed E-state index contributed by atoms with van der Waals surface area (Å²) in [7, 11) is -3.46. The van der Waals surface area contributed by atoms with E-state index in [2.05, 4.69) is 21.8 Å². The topological polar surface area (TPSA) is 92.0 Å². The number of azo groups is 1. The lowest BCUT2D eigenvalue weighted by Gasteiger charge is -2.02. The molecule has 3 aromatic rings. The summed E-state index contributed by atoms with van der Waals surface area (Å²) in [6.45, 7) is 3.29. The number of nitrogens with zero attached hydrogens (tertiary/aromatic N) is 3. The fourth-order valence-corrected chi connectivity index (χ4v) is 2.85. The second kappa shape index (κ2) is 6.21. The number of para-hydroxylation sites is 1. The van der Waals surface area contributed by atoms with Crippen LogP contribution in [0.2, 0.25) is 0 Å². The predicted octanol–water partition coefficient (Wildman–Crippen LogP) is 4.27. The first kappa shape index (κ1) is 15.8. The Hall–Kier alpha value is -3.06. The number of pyridine rings is 1. The first-order chi connectivity index (χ1) is 11.5. The highest BCUT2D eigenvalue weighted by Gasteiger charge is 2.08. The van der Waals surface area contributed by atoms with Crippen LogP contribution in [0.3, 0.4) is 0 Å². The molecule has 3 rings (SSSR count). The van der Waals surface area contributed by atoms with Crippen molar-refractivity contribution in [1.29, 1.82) is 0 Å². The van der Waals surface area contributed by atoms with Crippen molar-refractivity contribution in [1.82, 2.24) is 4.98 Å². The van der Waals surface area contributed by atoms with Crippen LogP contribution in [0.5, 0.6) is 5.75 Å². The lowest BCUT2D eigenvalue weighted by molar-refractivity contribution is 0.480. The number of fused-ring (bicyclic) bond motifs is 1. The van der Waals surface area contributed by atoms with Gasteiger partial charge >= 0.3 is 0 Å². The molecule has 0 aliphatic heterocycles. The van der Waals surface area contributed by atoms with Gasteiger partial charge in [0.25, 0.3) is 0 Å². The Morgan fingerprint density at radius 2 is 1.79 bits per heavy atom. The normalized spacial score (nSPS) is 11.8. The number of rotatable bonds is 4. The number of hydrogen-bond donors (Lipinski definition) is 1. The molecule has 1 heterocycles. The molecule has 2 aromatic carbocycles. The first-order valence-electron chi connectivity index (χ1n) is 6.97. The van der Waals surface area contributed by atoms with Crippen LogP contribution in [0, 0.1) is 0 Å². The Bertz CT molecular complexity index is 1040. The van der Waals surface area contributed by atoms with Gasteiger partial charge in [0.2, 0.25) is 0 Å². The van der Waals surface area contributed by atoms with Crippen molar-refractivity contribution in [2.45, 2.75) is 4.90 Å². The van der Waals surface area contributed by atoms with Crippen LogP contribution in [0.25, 0.3) is 10.9 Å².